The van der Waals surface area contributed by atoms with Gasteiger partial charge in [0.2, 0.25) is 0 Å². The lowest BCUT2D eigenvalue weighted by Crippen LogP contribution is -2.30. The summed E-state index contributed by atoms with van der Waals surface area (Å²) >= 11 is 0. The highest BCUT2D eigenvalue weighted by Crippen LogP contribution is 2.04. The van der Waals surface area contributed by atoms with Gasteiger partial charge in [-0.2, -0.15) is 0 Å². The van der Waals surface area contributed by atoms with E-state index in [0.29, 0.717) is 6.04 Å². The van der Waals surface area contributed by atoms with Crippen molar-refractivity contribution in [1.82, 2.24) is 10.3 Å². The van der Waals surface area contributed by atoms with Crippen LogP contribution in [0.25, 0.3) is 0 Å². The first-order valence-corrected chi connectivity index (χ1v) is 6.49. The van der Waals surface area contributed by atoms with E-state index in [1.807, 2.05) is 18.5 Å². The van der Waals surface area contributed by atoms with Crippen molar-refractivity contribution in [2.24, 2.45) is 0 Å². The van der Waals surface area contributed by atoms with E-state index >= 15 is 0 Å². The van der Waals surface area contributed by atoms with Gasteiger partial charge in [0, 0.05) is 18.4 Å². The van der Waals surface area contributed by atoms with E-state index in [4.69, 9.17) is 0 Å². The fourth-order valence-corrected chi connectivity index (χ4v) is 2.01. The van der Waals surface area contributed by atoms with Gasteiger partial charge in [0.25, 0.3) is 0 Å². The molecule has 0 fully saturated rings. The van der Waals surface area contributed by atoms with Gasteiger partial charge in [-0.1, -0.05) is 32.8 Å². The van der Waals surface area contributed by atoms with E-state index in [2.05, 4.69) is 30.2 Å². The SMILES string of the molecule is CCCC(CCC)NCCc1cccnc1. The van der Waals surface area contributed by atoms with Crippen LogP contribution in [-0.4, -0.2) is 17.6 Å². The minimum Gasteiger partial charge on any atom is -0.314 e. The molecule has 1 aromatic rings. The summed E-state index contributed by atoms with van der Waals surface area (Å²) in [5, 5.41) is 3.64. The van der Waals surface area contributed by atoms with E-state index in [9.17, 15) is 0 Å². The summed E-state index contributed by atoms with van der Waals surface area (Å²) in [6, 6.07) is 4.85. The lowest BCUT2D eigenvalue weighted by atomic mass is 10.1. The highest BCUT2D eigenvalue weighted by molar-refractivity contribution is 5.08. The van der Waals surface area contributed by atoms with Crippen molar-refractivity contribution >= 4 is 0 Å². The zero-order valence-corrected chi connectivity index (χ0v) is 10.6. The van der Waals surface area contributed by atoms with Crippen LogP contribution in [0.1, 0.15) is 45.1 Å². The third-order valence-electron chi connectivity index (χ3n) is 2.84. The number of hydrogen-bond acceptors (Lipinski definition) is 2. The number of nitrogens with zero attached hydrogens (tertiary/aromatic N) is 1. The molecule has 2 nitrogen and oxygen atoms in total. The molecule has 0 unspecified atom stereocenters. The van der Waals surface area contributed by atoms with Crippen molar-refractivity contribution in [3.63, 3.8) is 0 Å². The average molecular weight is 220 g/mol. The Balaban J connectivity index is 2.22. The van der Waals surface area contributed by atoms with Crippen LogP contribution in [-0.2, 0) is 6.42 Å². The third-order valence-corrected chi connectivity index (χ3v) is 2.84. The molecule has 0 aliphatic rings. The lowest BCUT2D eigenvalue weighted by Gasteiger charge is -2.17. The molecule has 0 saturated heterocycles. The Labute approximate surface area is 99.5 Å². The van der Waals surface area contributed by atoms with Crippen LogP contribution in [0.5, 0.6) is 0 Å². The van der Waals surface area contributed by atoms with Crippen LogP contribution in [0.4, 0.5) is 0 Å². The molecule has 0 aliphatic carbocycles. The number of aromatic nitrogens is 1. The maximum Gasteiger partial charge on any atom is 0.0300 e. The second-order valence-corrected chi connectivity index (χ2v) is 4.34. The Hall–Kier alpha value is -0.890. The molecule has 0 radical (unpaired) electrons. The number of nitrogens with one attached hydrogen (secondary N) is 1. The van der Waals surface area contributed by atoms with Gasteiger partial charge in [-0.15, -0.1) is 0 Å². The van der Waals surface area contributed by atoms with Gasteiger partial charge in [0.15, 0.2) is 0 Å². The highest BCUT2D eigenvalue weighted by atomic mass is 14.9. The van der Waals surface area contributed by atoms with Crippen LogP contribution in [0.2, 0.25) is 0 Å². The Kier molecular flexibility index (Phi) is 6.82. The zero-order valence-electron chi connectivity index (χ0n) is 10.6. The number of pyridine rings is 1. The minimum atomic E-state index is 0.701. The third kappa shape index (κ3) is 5.26. The number of rotatable bonds is 8. The second kappa shape index (κ2) is 8.28. The molecule has 0 bridgehead atoms. The summed E-state index contributed by atoms with van der Waals surface area (Å²) in [5.41, 5.74) is 1.32. The van der Waals surface area contributed by atoms with Gasteiger partial charge in [-0.3, -0.25) is 4.98 Å². The summed E-state index contributed by atoms with van der Waals surface area (Å²) in [5.74, 6) is 0. The predicted octanol–water partition coefficient (Wildman–Crippen LogP) is 3.18. The number of hydrogen-bond donors (Lipinski definition) is 1. The van der Waals surface area contributed by atoms with Gasteiger partial charge in [-0.05, 0) is 37.4 Å². The summed E-state index contributed by atoms with van der Waals surface area (Å²) < 4.78 is 0. The van der Waals surface area contributed by atoms with Gasteiger partial charge < -0.3 is 5.32 Å². The Morgan fingerprint density at radius 3 is 2.56 bits per heavy atom. The van der Waals surface area contributed by atoms with E-state index in [0.717, 1.165) is 13.0 Å². The summed E-state index contributed by atoms with van der Waals surface area (Å²) in [6.07, 6.45) is 9.98. The molecule has 1 heterocycles. The summed E-state index contributed by atoms with van der Waals surface area (Å²) in [7, 11) is 0. The quantitative estimate of drug-likeness (QED) is 0.728. The van der Waals surface area contributed by atoms with Gasteiger partial charge in [0.1, 0.15) is 0 Å². The Bertz CT molecular complexity index is 253. The summed E-state index contributed by atoms with van der Waals surface area (Å²) in [6.45, 7) is 5.58. The Morgan fingerprint density at radius 1 is 1.25 bits per heavy atom. The minimum absolute atomic E-state index is 0.701. The maximum absolute atomic E-state index is 4.13. The van der Waals surface area contributed by atoms with E-state index < -0.39 is 0 Å². The molecule has 1 rings (SSSR count). The molecule has 0 aliphatic heterocycles. The molecule has 2 heteroatoms. The van der Waals surface area contributed by atoms with Gasteiger partial charge in [-0.25, -0.2) is 0 Å². The predicted molar refractivity (Wildman–Crippen MR) is 69.5 cm³/mol. The Morgan fingerprint density at radius 2 is 2.00 bits per heavy atom. The molecular weight excluding hydrogens is 196 g/mol. The fourth-order valence-electron chi connectivity index (χ4n) is 2.01. The van der Waals surface area contributed by atoms with E-state index in [-0.39, 0.29) is 0 Å². The van der Waals surface area contributed by atoms with E-state index in [1.54, 1.807) is 0 Å². The largest absolute Gasteiger partial charge is 0.314 e. The van der Waals surface area contributed by atoms with Crippen LogP contribution < -0.4 is 5.32 Å². The first-order chi connectivity index (χ1) is 7.86. The van der Waals surface area contributed by atoms with Crippen molar-refractivity contribution in [3.05, 3.63) is 30.1 Å². The fraction of sp³-hybridized carbons (Fsp3) is 0.643. The molecule has 0 spiro atoms. The van der Waals surface area contributed by atoms with Crippen molar-refractivity contribution in [2.75, 3.05) is 6.54 Å². The van der Waals surface area contributed by atoms with Crippen molar-refractivity contribution < 1.29 is 0 Å². The van der Waals surface area contributed by atoms with Gasteiger partial charge >= 0.3 is 0 Å². The normalized spacial score (nSPS) is 10.9. The van der Waals surface area contributed by atoms with Crippen molar-refractivity contribution in [1.29, 1.82) is 0 Å². The molecule has 0 saturated carbocycles. The zero-order chi connectivity index (χ0) is 11.6. The van der Waals surface area contributed by atoms with E-state index in [1.165, 1.54) is 31.2 Å². The topological polar surface area (TPSA) is 24.9 Å². The van der Waals surface area contributed by atoms with Crippen LogP contribution in [0, 0.1) is 0 Å². The van der Waals surface area contributed by atoms with Crippen molar-refractivity contribution in [3.8, 4) is 0 Å². The molecule has 90 valence electrons. The monoisotopic (exact) mass is 220 g/mol. The summed E-state index contributed by atoms with van der Waals surface area (Å²) in [4.78, 5) is 4.13. The standard InChI is InChI=1S/C14H24N2/c1-3-6-14(7-4-2)16-11-9-13-8-5-10-15-12-13/h5,8,10,12,14,16H,3-4,6-7,9,11H2,1-2H3. The molecule has 0 amide bonds. The molecule has 0 atom stereocenters. The highest BCUT2D eigenvalue weighted by Gasteiger charge is 2.04. The first-order valence-electron chi connectivity index (χ1n) is 6.49. The van der Waals surface area contributed by atoms with Crippen LogP contribution in [0.15, 0.2) is 24.5 Å². The van der Waals surface area contributed by atoms with Crippen LogP contribution in [0.3, 0.4) is 0 Å². The van der Waals surface area contributed by atoms with Crippen LogP contribution >= 0.6 is 0 Å². The molecule has 1 aromatic heterocycles. The molecule has 1 N–H and O–H groups in total. The van der Waals surface area contributed by atoms with Crippen molar-refractivity contribution in [2.45, 2.75) is 52.0 Å². The first kappa shape index (κ1) is 13.2. The lowest BCUT2D eigenvalue weighted by molar-refractivity contribution is 0.447. The molecular formula is C14H24N2. The molecule has 16 heavy (non-hydrogen) atoms. The second-order valence-electron chi connectivity index (χ2n) is 4.34. The molecule has 0 aromatic carbocycles. The smallest absolute Gasteiger partial charge is 0.0300 e. The maximum atomic E-state index is 4.13. The van der Waals surface area contributed by atoms with Gasteiger partial charge in [0.05, 0.1) is 0 Å². The average Bonchev–Trinajstić information content (AvgIpc) is 2.31.